The number of imidazole rings is 1. The molecule has 0 saturated carbocycles. The van der Waals surface area contributed by atoms with E-state index in [0.29, 0.717) is 12.6 Å². The third kappa shape index (κ3) is 2.19. The fourth-order valence-electron chi connectivity index (χ4n) is 2.78. The summed E-state index contributed by atoms with van der Waals surface area (Å²) in [6.07, 6.45) is 4.51. The van der Waals surface area contributed by atoms with Gasteiger partial charge in [0.15, 0.2) is 5.82 Å². The van der Waals surface area contributed by atoms with E-state index in [1.165, 1.54) is 0 Å². The molecule has 19 heavy (non-hydrogen) atoms. The number of pyridine rings is 1. The molecule has 2 aromatic rings. The van der Waals surface area contributed by atoms with Crippen molar-refractivity contribution in [2.24, 2.45) is 5.73 Å². The number of piperidine rings is 1. The lowest BCUT2D eigenvalue weighted by atomic mass is 10.1. The Morgan fingerprint density at radius 3 is 2.84 bits per heavy atom. The lowest BCUT2D eigenvalue weighted by Gasteiger charge is -2.31. The van der Waals surface area contributed by atoms with Crippen LogP contribution in [0.25, 0.3) is 5.65 Å². The van der Waals surface area contributed by atoms with E-state index in [4.69, 9.17) is 15.5 Å². The van der Waals surface area contributed by atoms with Crippen molar-refractivity contribution < 1.29 is 4.74 Å². The molecular weight excluding hydrogens is 240 g/mol. The number of fused-ring (bicyclic) bond motifs is 1. The molecule has 102 valence electrons. The first-order valence-electron chi connectivity index (χ1n) is 6.77. The van der Waals surface area contributed by atoms with Crippen molar-refractivity contribution in [3.05, 3.63) is 30.1 Å². The highest BCUT2D eigenvalue weighted by atomic mass is 16.5. The summed E-state index contributed by atoms with van der Waals surface area (Å²) in [5, 5.41) is 0. The van der Waals surface area contributed by atoms with E-state index in [2.05, 4.69) is 9.30 Å². The normalized spacial score (nSPS) is 17.3. The summed E-state index contributed by atoms with van der Waals surface area (Å²) in [7, 11) is 1.79. The average molecular weight is 260 g/mol. The van der Waals surface area contributed by atoms with Gasteiger partial charge in [-0.1, -0.05) is 6.07 Å². The monoisotopic (exact) mass is 260 g/mol. The van der Waals surface area contributed by atoms with Gasteiger partial charge < -0.3 is 19.8 Å². The maximum Gasteiger partial charge on any atom is 0.152 e. The number of methoxy groups -OCH3 is 1. The SMILES string of the molecule is COC1CCN(c2nc3ccccn3c2CN)CC1. The summed E-state index contributed by atoms with van der Waals surface area (Å²) in [6.45, 7) is 2.47. The molecule has 0 atom stereocenters. The maximum absolute atomic E-state index is 5.91. The van der Waals surface area contributed by atoms with Crippen LogP contribution in [0.5, 0.6) is 0 Å². The number of aromatic nitrogens is 2. The summed E-state index contributed by atoms with van der Waals surface area (Å²) in [5.74, 6) is 1.03. The largest absolute Gasteiger partial charge is 0.381 e. The van der Waals surface area contributed by atoms with Crippen molar-refractivity contribution in [1.29, 1.82) is 0 Å². The number of nitrogens with two attached hydrogens (primary N) is 1. The van der Waals surface area contributed by atoms with Crippen LogP contribution in [0.4, 0.5) is 5.82 Å². The summed E-state index contributed by atoms with van der Waals surface area (Å²) in [6, 6.07) is 6.03. The fourth-order valence-corrected chi connectivity index (χ4v) is 2.78. The number of hydrogen-bond donors (Lipinski definition) is 1. The second kappa shape index (κ2) is 5.19. The highest BCUT2D eigenvalue weighted by Gasteiger charge is 2.23. The van der Waals surface area contributed by atoms with Crippen LogP contribution in [0, 0.1) is 0 Å². The van der Waals surface area contributed by atoms with Gasteiger partial charge >= 0.3 is 0 Å². The van der Waals surface area contributed by atoms with Gasteiger partial charge in [-0.25, -0.2) is 4.98 Å². The zero-order valence-corrected chi connectivity index (χ0v) is 11.2. The van der Waals surface area contributed by atoms with Crippen LogP contribution >= 0.6 is 0 Å². The van der Waals surface area contributed by atoms with Crippen molar-refractivity contribution in [1.82, 2.24) is 9.38 Å². The molecule has 3 heterocycles. The van der Waals surface area contributed by atoms with Crippen LogP contribution in [-0.2, 0) is 11.3 Å². The van der Waals surface area contributed by atoms with Crippen LogP contribution in [-0.4, -0.2) is 35.7 Å². The third-order valence-corrected chi connectivity index (χ3v) is 3.88. The molecule has 2 aromatic heterocycles. The van der Waals surface area contributed by atoms with Gasteiger partial charge in [-0.2, -0.15) is 0 Å². The standard InChI is InChI=1S/C14H20N4O/c1-19-11-5-8-17(9-6-11)14-12(10-15)18-7-3-2-4-13(18)16-14/h2-4,7,11H,5-6,8-10,15H2,1H3. The predicted octanol–water partition coefficient (Wildman–Crippen LogP) is 1.41. The first-order valence-corrected chi connectivity index (χ1v) is 6.77. The first kappa shape index (κ1) is 12.4. The molecule has 1 fully saturated rings. The van der Waals surface area contributed by atoms with Crippen molar-refractivity contribution >= 4 is 11.5 Å². The van der Waals surface area contributed by atoms with E-state index in [9.17, 15) is 0 Å². The summed E-state index contributed by atoms with van der Waals surface area (Å²) < 4.78 is 7.49. The Labute approximate surface area is 113 Å². The smallest absolute Gasteiger partial charge is 0.152 e. The topological polar surface area (TPSA) is 55.8 Å². The molecule has 5 nitrogen and oxygen atoms in total. The number of hydrogen-bond acceptors (Lipinski definition) is 4. The number of anilines is 1. The average Bonchev–Trinajstić information content (AvgIpc) is 2.85. The lowest BCUT2D eigenvalue weighted by molar-refractivity contribution is 0.0818. The van der Waals surface area contributed by atoms with Crippen molar-refractivity contribution in [2.75, 3.05) is 25.1 Å². The first-order chi connectivity index (χ1) is 9.33. The number of ether oxygens (including phenoxy) is 1. The molecule has 0 amide bonds. The quantitative estimate of drug-likeness (QED) is 0.906. The van der Waals surface area contributed by atoms with Gasteiger partial charge in [-0.3, -0.25) is 0 Å². The van der Waals surface area contributed by atoms with Crippen molar-refractivity contribution in [2.45, 2.75) is 25.5 Å². The zero-order valence-electron chi connectivity index (χ0n) is 11.2. The molecule has 1 aliphatic rings. The summed E-state index contributed by atoms with van der Waals surface area (Å²) in [4.78, 5) is 7.05. The Hall–Kier alpha value is -1.59. The highest BCUT2D eigenvalue weighted by molar-refractivity contribution is 5.56. The zero-order chi connectivity index (χ0) is 13.2. The van der Waals surface area contributed by atoms with E-state index in [1.54, 1.807) is 7.11 Å². The van der Waals surface area contributed by atoms with E-state index in [1.807, 2.05) is 24.4 Å². The third-order valence-electron chi connectivity index (χ3n) is 3.88. The van der Waals surface area contributed by atoms with Crippen molar-refractivity contribution in [3.63, 3.8) is 0 Å². The second-order valence-corrected chi connectivity index (χ2v) is 4.94. The van der Waals surface area contributed by atoms with Gasteiger partial charge in [0, 0.05) is 32.9 Å². The minimum Gasteiger partial charge on any atom is -0.381 e. The number of nitrogens with zero attached hydrogens (tertiary/aromatic N) is 3. The van der Waals surface area contributed by atoms with Gasteiger partial charge in [0.2, 0.25) is 0 Å². The van der Waals surface area contributed by atoms with E-state index >= 15 is 0 Å². The van der Waals surface area contributed by atoms with Crippen LogP contribution < -0.4 is 10.6 Å². The van der Waals surface area contributed by atoms with E-state index in [0.717, 1.165) is 43.1 Å². The minimum atomic E-state index is 0.384. The van der Waals surface area contributed by atoms with Gasteiger partial charge in [0.05, 0.1) is 11.8 Å². The van der Waals surface area contributed by atoms with Gasteiger partial charge in [-0.05, 0) is 25.0 Å². The minimum absolute atomic E-state index is 0.384. The molecule has 0 unspecified atom stereocenters. The summed E-state index contributed by atoms with van der Waals surface area (Å²) >= 11 is 0. The van der Waals surface area contributed by atoms with E-state index in [-0.39, 0.29) is 0 Å². The molecule has 2 N–H and O–H groups in total. The van der Waals surface area contributed by atoms with Crippen LogP contribution in [0.2, 0.25) is 0 Å². The Bertz CT molecular complexity index is 558. The molecule has 1 aliphatic heterocycles. The van der Waals surface area contributed by atoms with Gasteiger partial charge in [0.25, 0.3) is 0 Å². The Morgan fingerprint density at radius 2 is 2.16 bits per heavy atom. The summed E-state index contributed by atoms with van der Waals surface area (Å²) in [5.41, 5.74) is 7.96. The molecule has 0 aliphatic carbocycles. The lowest BCUT2D eigenvalue weighted by Crippen LogP contribution is -2.37. The molecular formula is C14H20N4O. The second-order valence-electron chi connectivity index (χ2n) is 4.94. The molecule has 0 spiro atoms. The molecule has 3 rings (SSSR count). The van der Waals surface area contributed by atoms with Crippen LogP contribution in [0.1, 0.15) is 18.5 Å². The molecule has 5 heteroatoms. The van der Waals surface area contributed by atoms with Crippen molar-refractivity contribution in [3.8, 4) is 0 Å². The van der Waals surface area contributed by atoms with Gasteiger partial charge in [0.1, 0.15) is 5.65 Å². The highest BCUT2D eigenvalue weighted by Crippen LogP contribution is 2.25. The molecule has 0 aromatic carbocycles. The fraction of sp³-hybridized carbons (Fsp3) is 0.500. The Morgan fingerprint density at radius 1 is 1.37 bits per heavy atom. The van der Waals surface area contributed by atoms with Crippen LogP contribution in [0.3, 0.4) is 0 Å². The predicted molar refractivity (Wildman–Crippen MR) is 75.3 cm³/mol. The number of rotatable bonds is 3. The maximum atomic E-state index is 5.91. The Balaban J connectivity index is 1.92. The molecule has 0 bridgehead atoms. The van der Waals surface area contributed by atoms with Gasteiger partial charge in [-0.15, -0.1) is 0 Å². The van der Waals surface area contributed by atoms with Crippen LogP contribution in [0.15, 0.2) is 24.4 Å². The Kier molecular flexibility index (Phi) is 3.40. The molecule has 0 radical (unpaired) electrons. The van der Waals surface area contributed by atoms with E-state index < -0.39 is 0 Å². The molecule has 1 saturated heterocycles.